The van der Waals surface area contributed by atoms with Crippen LogP contribution >= 0.6 is 0 Å². The third-order valence-electron chi connectivity index (χ3n) is 4.89. The number of nitrogens with one attached hydrogen (secondary N) is 2. The highest BCUT2D eigenvalue weighted by molar-refractivity contribution is 5.74. The Morgan fingerprint density at radius 1 is 1.21 bits per heavy atom. The maximum absolute atomic E-state index is 12.2. The van der Waals surface area contributed by atoms with Crippen LogP contribution < -0.4 is 10.6 Å². The van der Waals surface area contributed by atoms with Crippen LogP contribution in [0.15, 0.2) is 43.0 Å². The molecule has 5 heteroatoms. The SMILES string of the molecule is CC1CCC(NC(=O)N[C@@H](C)c2ccc(-n3ccnc3)cc2)CC1. The summed E-state index contributed by atoms with van der Waals surface area (Å²) in [5.41, 5.74) is 2.15. The van der Waals surface area contributed by atoms with Crippen molar-refractivity contribution in [1.29, 1.82) is 0 Å². The summed E-state index contributed by atoms with van der Waals surface area (Å²) in [6.07, 6.45) is 10.0. The molecule has 1 aromatic carbocycles. The van der Waals surface area contributed by atoms with Crippen LogP contribution in [0.3, 0.4) is 0 Å². The first-order valence-electron chi connectivity index (χ1n) is 8.77. The fourth-order valence-corrected chi connectivity index (χ4v) is 3.26. The van der Waals surface area contributed by atoms with E-state index >= 15 is 0 Å². The van der Waals surface area contributed by atoms with Crippen molar-refractivity contribution >= 4 is 6.03 Å². The molecule has 1 aromatic heterocycles. The van der Waals surface area contributed by atoms with E-state index in [9.17, 15) is 4.79 Å². The minimum Gasteiger partial charge on any atom is -0.335 e. The van der Waals surface area contributed by atoms with E-state index in [1.165, 1.54) is 12.8 Å². The van der Waals surface area contributed by atoms with Gasteiger partial charge in [0, 0.05) is 24.1 Å². The highest BCUT2D eigenvalue weighted by Crippen LogP contribution is 2.23. The van der Waals surface area contributed by atoms with Gasteiger partial charge in [0.2, 0.25) is 0 Å². The Bertz CT molecular complexity index is 643. The second-order valence-corrected chi connectivity index (χ2v) is 6.86. The van der Waals surface area contributed by atoms with E-state index in [1.54, 1.807) is 12.5 Å². The number of hydrogen-bond donors (Lipinski definition) is 2. The van der Waals surface area contributed by atoms with Crippen LogP contribution in [0.5, 0.6) is 0 Å². The molecule has 0 saturated heterocycles. The zero-order valence-corrected chi connectivity index (χ0v) is 14.4. The Morgan fingerprint density at radius 3 is 2.54 bits per heavy atom. The standard InChI is InChI=1S/C19H26N4O/c1-14-3-7-17(8-4-14)22-19(24)21-15(2)16-5-9-18(10-6-16)23-12-11-20-13-23/h5-6,9-15,17H,3-4,7-8H2,1-2H3,(H2,21,22,24)/t14?,15-,17?/m0/s1. The van der Waals surface area contributed by atoms with Gasteiger partial charge in [0.05, 0.1) is 12.4 Å². The Balaban J connectivity index is 1.52. The zero-order chi connectivity index (χ0) is 16.9. The quantitative estimate of drug-likeness (QED) is 0.897. The van der Waals surface area contributed by atoms with Crippen molar-refractivity contribution in [2.75, 3.05) is 0 Å². The van der Waals surface area contributed by atoms with E-state index in [1.807, 2.05) is 42.0 Å². The molecular formula is C19H26N4O. The lowest BCUT2D eigenvalue weighted by Gasteiger charge is -2.27. The smallest absolute Gasteiger partial charge is 0.315 e. The van der Waals surface area contributed by atoms with Crippen LogP contribution in [0.2, 0.25) is 0 Å². The molecule has 0 spiro atoms. The Labute approximate surface area is 143 Å². The number of hydrogen-bond acceptors (Lipinski definition) is 2. The first kappa shape index (κ1) is 16.6. The van der Waals surface area contributed by atoms with Gasteiger partial charge < -0.3 is 15.2 Å². The molecule has 1 aliphatic rings. The first-order valence-corrected chi connectivity index (χ1v) is 8.77. The number of rotatable bonds is 4. The third-order valence-corrected chi connectivity index (χ3v) is 4.89. The lowest BCUT2D eigenvalue weighted by molar-refractivity contribution is 0.225. The van der Waals surface area contributed by atoms with Gasteiger partial charge in [-0.25, -0.2) is 9.78 Å². The topological polar surface area (TPSA) is 59.0 Å². The fourth-order valence-electron chi connectivity index (χ4n) is 3.26. The number of aromatic nitrogens is 2. The summed E-state index contributed by atoms with van der Waals surface area (Å²) in [5.74, 6) is 0.791. The molecular weight excluding hydrogens is 300 g/mol. The molecule has 3 rings (SSSR count). The van der Waals surface area contributed by atoms with E-state index in [-0.39, 0.29) is 12.1 Å². The molecule has 1 aliphatic carbocycles. The van der Waals surface area contributed by atoms with Gasteiger partial charge in [-0.05, 0) is 56.2 Å². The summed E-state index contributed by atoms with van der Waals surface area (Å²) < 4.78 is 1.96. The maximum Gasteiger partial charge on any atom is 0.315 e. The first-order chi connectivity index (χ1) is 11.6. The summed E-state index contributed by atoms with van der Waals surface area (Å²) in [6.45, 7) is 4.29. The van der Waals surface area contributed by atoms with Gasteiger partial charge in [0.15, 0.2) is 0 Å². The molecule has 2 N–H and O–H groups in total. The maximum atomic E-state index is 12.2. The van der Waals surface area contributed by atoms with Crippen molar-refractivity contribution in [2.24, 2.45) is 5.92 Å². The van der Waals surface area contributed by atoms with Crippen molar-refractivity contribution in [2.45, 2.75) is 51.6 Å². The number of carbonyl (C=O) groups is 1. The molecule has 1 heterocycles. The molecule has 24 heavy (non-hydrogen) atoms. The molecule has 2 amide bonds. The number of urea groups is 1. The molecule has 1 atom stereocenters. The summed E-state index contributed by atoms with van der Waals surface area (Å²) in [6, 6.07) is 8.39. The molecule has 128 valence electrons. The molecule has 1 fully saturated rings. The van der Waals surface area contributed by atoms with E-state index in [0.717, 1.165) is 30.0 Å². The van der Waals surface area contributed by atoms with Gasteiger partial charge in [-0.1, -0.05) is 19.1 Å². The van der Waals surface area contributed by atoms with Crippen LogP contribution in [0, 0.1) is 5.92 Å². The molecule has 5 nitrogen and oxygen atoms in total. The van der Waals surface area contributed by atoms with Crippen molar-refractivity contribution in [3.63, 3.8) is 0 Å². The van der Waals surface area contributed by atoms with E-state index in [2.05, 4.69) is 22.5 Å². The minimum atomic E-state index is -0.0688. The molecule has 0 aliphatic heterocycles. The molecule has 0 radical (unpaired) electrons. The van der Waals surface area contributed by atoms with Gasteiger partial charge in [-0.2, -0.15) is 0 Å². The second kappa shape index (κ2) is 7.51. The average Bonchev–Trinajstić information content (AvgIpc) is 3.11. The van der Waals surface area contributed by atoms with E-state index in [4.69, 9.17) is 0 Å². The van der Waals surface area contributed by atoms with Crippen molar-refractivity contribution < 1.29 is 4.79 Å². The van der Waals surface area contributed by atoms with E-state index in [0.29, 0.717) is 6.04 Å². The number of carbonyl (C=O) groups excluding carboxylic acids is 1. The van der Waals surface area contributed by atoms with E-state index < -0.39 is 0 Å². The molecule has 2 aromatic rings. The average molecular weight is 326 g/mol. The van der Waals surface area contributed by atoms with Crippen molar-refractivity contribution in [3.8, 4) is 5.69 Å². The Morgan fingerprint density at radius 2 is 1.92 bits per heavy atom. The number of amides is 2. The van der Waals surface area contributed by atoms with Gasteiger partial charge >= 0.3 is 6.03 Å². The monoisotopic (exact) mass is 326 g/mol. The van der Waals surface area contributed by atoms with Crippen molar-refractivity contribution in [1.82, 2.24) is 20.2 Å². The van der Waals surface area contributed by atoms with Gasteiger partial charge in [-0.15, -0.1) is 0 Å². The van der Waals surface area contributed by atoms with Crippen molar-refractivity contribution in [3.05, 3.63) is 48.5 Å². The lowest BCUT2D eigenvalue weighted by atomic mass is 9.87. The zero-order valence-electron chi connectivity index (χ0n) is 14.4. The number of benzene rings is 1. The fraction of sp³-hybridized carbons (Fsp3) is 0.474. The van der Waals surface area contributed by atoms with Gasteiger partial charge in [0.1, 0.15) is 0 Å². The molecule has 0 bridgehead atoms. The predicted molar refractivity (Wildman–Crippen MR) is 95.1 cm³/mol. The minimum absolute atomic E-state index is 0.0237. The van der Waals surface area contributed by atoms with Crippen LogP contribution in [-0.2, 0) is 0 Å². The van der Waals surface area contributed by atoms with Crippen LogP contribution in [0.1, 0.15) is 51.1 Å². The lowest BCUT2D eigenvalue weighted by Crippen LogP contribution is -2.44. The van der Waals surface area contributed by atoms with Crippen LogP contribution in [0.25, 0.3) is 5.69 Å². The normalized spacial score (nSPS) is 21.9. The summed E-state index contributed by atoms with van der Waals surface area (Å²) >= 11 is 0. The van der Waals surface area contributed by atoms with Gasteiger partial charge in [0.25, 0.3) is 0 Å². The highest BCUT2D eigenvalue weighted by atomic mass is 16.2. The predicted octanol–water partition coefficient (Wildman–Crippen LogP) is 3.81. The molecule has 0 unspecified atom stereocenters. The largest absolute Gasteiger partial charge is 0.335 e. The summed E-state index contributed by atoms with van der Waals surface area (Å²) in [4.78, 5) is 16.2. The summed E-state index contributed by atoms with van der Waals surface area (Å²) in [5, 5.41) is 6.15. The van der Waals surface area contributed by atoms with Gasteiger partial charge in [-0.3, -0.25) is 0 Å². The molecule has 1 saturated carbocycles. The Hall–Kier alpha value is -2.30. The third kappa shape index (κ3) is 4.16. The van der Waals surface area contributed by atoms with Crippen LogP contribution in [-0.4, -0.2) is 21.6 Å². The number of imidazole rings is 1. The second-order valence-electron chi connectivity index (χ2n) is 6.86. The highest BCUT2D eigenvalue weighted by Gasteiger charge is 2.20. The van der Waals surface area contributed by atoms with Crippen LogP contribution in [0.4, 0.5) is 4.79 Å². The Kier molecular flexibility index (Phi) is 5.18. The number of nitrogens with zero attached hydrogens (tertiary/aromatic N) is 2. The summed E-state index contributed by atoms with van der Waals surface area (Å²) in [7, 11) is 0.